The first kappa shape index (κ1) is 15.6. The fraction of sp³-hybridized carbons (Fsp3) is 0.222. The molecule has 1 N–H and O–H groups in total. The van der Waals surface area contributed by atoms with Gasteiger partial charge in [0.15, 0.2) is 5.16 Å². The maximum Gasteiger partial charge on any atom is 0.190 e. The van der Waals surface area contributed by atoms with E-state index < -0.39 is 0 Å². The molecule has 0 radical (unpaired) electrons. The van der Waals surface area contributed by atoms with Gasteiger partial charge < -0.3 is 10.1 Å². The van der Waals surface area contributed by atoms with Crippen molar-refractivity contribution in [1.82, 2.24) is 9.97 Å². The van der Waals surface area contributed by atoms with Gasteiger partial charge in [0, 0.05) is 11.9 Å². The molecule has 5 heteroatoms. The van der Waals surface area contributed by atoms with E-state index in [0.717, 1.165) is 33.4 Å². The van der Waals surface area contributed by atoms with Crippen LogP contribution in [0, 0.1) is 0 Å². The molecule has 0 spiro atoms. The number of rotatable bonds is 6. The Labute approximate surface area is 140 Å². The summed E-state index contributed by atoms with van der Waals surface area (Å²) < 4.78 is 5.19. The molecule has 0 saturated heterocycles. The zero-order valence-corrected chi connectivity index (χ0v) is 14.1. The highest BCUT2D eigenvalue weighted by Crippen LogP contribution is 2.24. The van der Waals surface area contributed by atoms with Gasteiger partial charge in [0.25, 0.3) is 0 Å². The van der Waals surface area contributed by atoms with E-state index >= 15 is 0 Å². The van der Waals surface area contributed by atoms with Crippen LogP contribution >= 0.6 is 11.8 Å². The molecule has 0 fully saturated rings. The second-order valence-electron chi connectivity index (χ2n) is 5.01. The van der Waals surface area contributed by atoms with Crippen LogP contribution in [0.3, 0.4) is 0 Å². The smallest absolute Gasteiger partial charge is 0.190 e. The molecule has 0 aliphatic carbocycles. The fourth-order valence-corrected chi connectivity index (χ4v) is 2.89. The molecule has 2 aromatic carbocycles. The van der Waals surface area contributed by atoms with Gasteiger partial charge in [-0.05, 0) is 35.6 Å². The van der Waals surface area contributed by atoms with Crippen molar-refractivity contribution >= 4 is 28.5 Å². The largest absolute Gasteiger partial charge is 0.497 e. The van der Waals surface area contributed by atoms with E-state index in [-0.39, 0.29) is 0 Å². The zero-order valence-electron chi connectivity index (χ0n) is 13.2. The van der Waals surface area contributed by atoms with Crippen LogP contribution in [0.2, 0.25) is 0 Å². The Morgan fingerprint density at radius 2 is 1.83 bits per heavy atom. The molecular formula is C18H19N3OS. The quantitative estimate of drug-likeness (QED) is 0.539. The fourth-order valence-electron chi connectivity index (χ4n) is 2.31. The van der Waals surface area contributed by atoms with Gasteiger partial charge in [-0.15, -0.1) is 0 Å². The minimum absolute atomic E-state index is 0.710. The molecule has 118 valence electrons. The molecule has 3 rings (SSSR count). The van der Waals surface area contributed by atoms with Gasteiger partial charge in [0.2, 0.25) is 0 Å². The van der Waals surface area contributed by atoms with Crippen molar-refractivity contribution in [2.75, 3.05) is 18.2 Å². The van der Waals surface area contributed by atoms with Gasteiger partial charge in [-0.3, -0.25) is 0 Å². The highest BCUT2D eigenvalue weighted by Gasteiger charge is 2.07. The highest BCUT2D eigenvalue weighted by molar-refractivity contribution is 7.99. The van der Waals surface area contributed by atoms with E-state index in [1.54, 1.807) is 18.9 Å². The monoisotopic (exact) mass is 325 g/mol. The predicted octanol–water partition coefficient (Wildman–Crippen LogP) is 4.36. The van der Waals surface area contributed by atoms with Gasteiger partial charge in [0.1, 0.15) is 11.6 Å². The molecule has 0 bridgehead atoms. The third-order valence-corrected chi connectivity index (χ3v) is 4.20. The first-order valence-electron chi connectivity index (χ1n) is 7.56. The molecule has 0 unspecified atom stereocenters. The van der Waals surface area contributed by atoms with Crippen molar-refractivity contribution in [2.24, 2.45) is 0 Å². The number of methoxy groups -OCH3 is 1. The van der Waals surface area contributed by atoms with Crippen molar-refractivity contribution in [3.63, 3.8) is 0 Å². The van der Waals surface area contributed by atoms with Crippen molar-refractivity contribution in [2.45, 2.75) is 18.6 Å². The minimum atomic E-state index is 0.710. The number of aromatic nitrogens is 2. The summed E-state index contributed by atoms with van der Waals surface area (Å²) in [4.78, 5) is 9.25. The van der Waals surface area contributed by atoms with Crippen LogP contribution in [0.15, 0.2) is 53.7 Å². The van der Waals surface area contributed by atoms with Crippen LogP contribution < -0.4 is 10.1 Å². The Hall–Kier alpha value is -2.27. The Bertz CT molecular complexity index is 790. The topological polar surface area (TPSA) is 47.0 Å². The average Bonchev–Trinajstić information content (AvgIpc) is 2.60. The minimum Gasteiger partial charge on any atom is -0.497 e. The van der Waals surface area contributed by atoms with E-state index in [4.69, 9.17) is 4.74 Å². The average molecular weight is 325 g/mol. The maximum absolute atomic E-state index is 5.19. The first-order chi connectivity index (χ1) is 11.3. The van der Waals surface area contributed by atoms with Crippen LogP contribution in [-0.2, 0) is 6.54 Å². The third kappa shape index (κ3) is 3.74. The Morgan fingerprint density at radius 1 is 1.04 bits per heavy atom. The van der Waals surface area contributed by atoms with Crippen molar-refractivity contribution in [3.05, 3.63) is 54.1 Å². The Balaban J connectivity index is 1.85. The maximum atomic E-state index is 5.19. The second kappa shape index (κ2) is 7.33. The van der Waals surface area contributed by atoms with Crippen LogP contribution in [0.25, 0.3) is 10.9 Å². The van der Waals surface area contributed by atoms with Crippen LogP contribution in [-0.4, -0.2) is 22.8 Å². The lowest BCUT2D eigenvalue weighted by molar-refractivity contribution is 0.414. The number of anilines is 1. The van der Waals surface area contributed by atoms with E-state index in [2.05, 4.69) is 34.3 Å². The van der Waals surface area contributed by atoms with Gasteiger partial charge in [-0.25, -0.2) is 9.97 Å². The molecular weight excluding hydrogens is 306 g/mol. The number of thioether (sulfide) groups is 1. The molecule has 23 heavy (non-hydrogen) atoms. The van der Waals surface area contributed by atoms with Gasteiger partial charge in [-0.1, -0.05) is 43.0 Å². The molecule has 3 aromatic rings. The lowest BCUT2D eigenvalue weighted by atomic mass is 10.2. The van der Waals surface area contributed by atoms with Crippen molar-refractivity contribution in [1.29, 1.82) is 0 Å². The molecule has 0 amide bonds. The van der Waals surface area contributed by atoms with Crippen LogP contribution in [0.1, 0.15) is 12.5 Å². The van der Waals surface area contributed by atoms with Gasteiger partial charge in [-0.2, -0.15) is 0 Å². The number of ether oxygens (including phenoxy) is 1. The summed E-state index contributed by atoms with van der Waals surface area (Å²) >= 11 is 1.65. The second-order valence-corrected chi connectivity index (χ2v) is 6.24. The normalized spacial score (nSPS) is 10.7. The van der Waals surface area contributed by atoms with Crippen LogP contribution in [0.4, 0.5) is 5.82 Å². The number of benzene rings is 2. The third-order valence-electron chi connectivity index (χ3n) is 3.48. The highest BCUT2D eigenvalue weighted by atomic mass is 32.2. The van der Waals surface area contributed by atoms with E-state index in [1.165, 1.54) is 5.56 Å². The molecule has 4 nitrogen and oxygen atoms in total. The summed E-state index contributed by atoms with van der Waals surface area (Å²) in [6, 6.07) is 16.1. The molecule has 1 aromatic heterocycles. The van der Waals surface area contributed by atoms with Crippen LogP contribution in [0.5, 0.6) is 5.75 Å². The lowest BCUT2D eigenvalue weighted by Crippen LogP contribution is -2.04. The number of para-hydroxylation sites is 1. The molecule has 0 aliphatic heterocycles. The summed E-state index contributed by atoms with van der Waals surface area (Å²) in [6.07, 6.45) is 0. The zero-order chi connectivity index (χ0) is 16.1. The van der Waals surface area contributed by atoms with E-state index in [9.17, 15) is 0 Å². The Kier molecular flexibility index (Phi) is 4.98. The van der Waals surface area contributed by atoms with Gasteiger partial charge >= 0.3 is 0 Å². The molecule has 1 heterocycles. The van der Waals surface area contributed by atoms with Crippen molar-refractivity contribution < 1.29 is 4.74 Å². The van der Waals surface area contributed by atoms with Crippen molar-refractivity contribution in [3.8, 4) is 5.75 Å². The summed E-state index contributed by atoms with van der Waals surface area (Å²) in [5, 5.41) is 5.29. The number of nitrogens with zero attached hydrogens (tertiary/aromatic N) is 2. The summed E-state index contributed by atoms with van der Waals surface area (Å²) in [7, 11) is 1.67. The number of hydrogen-bond donors (Lipinski definition) is 1. The van der Waals surface area contributed by atoms with Gasteiger partial charge in [0.05, 0.1) is 12.6 Å². The van der Waals surface area contributed by atoms with E-state index in [0.29, 0.717) is 6.54 Å². The lowest BCUT2D eigenvalue weighted by Gasteiger charge is -2.11. The predicted molar refractivity (Wildman–Crippen MR) is 96.3 cm³/mol. The molecule has 0 aliphatic rings. The standard InChI is InChI=1S/C18H19N3OS/c1-3-23-18-20-16-7-5-4-6-15(16)17(21-18)19-12-13-8-10-14(22-2)11-9-13/h4-11H,3,12H2,1-2H3,(H,19,20,21). The SMILES string of the molecule is CCSc1nc(NCc2ccc(OC)cc2)c2ccccc2n1. The summed E-state index contributed by atoms with van der Waals surface area (Å²) in [6.45, 7) is 2.81. The number of hydrogen-bond acceptors (Lipinski definition) is 5. The summed E-state index contributed by atoms with van der Waals surface area (Å²) in [5.41, 5.74) is 2.15. The summed E-state index contributed by atoms with van der Waals surface area (Å²) in [5.74, 6) is 2.70. The molecule has 0 atom stereocenters. The van der Waals surface area contributed by atoms with E-state index in [1.807, 2.05) is 36.4 Å². The Morgan fingerprint density at radius 3 is 2.57 bits per heavy atom. The number of fused-ring (bicyclic) bond motifs is 1. The molecule has 0 saturated carbocycles. The number of nitrogens with one attached hydrogen (secondary N) is 1. The first-order valence-corrected chi connectivity index (χ1v) is 8.55.